The van der Waals surface area contributed by atoms with Crippen LogP contribution in [0.5, 0.6) is 0 Å². The number of phosphoric ester groups is 2. The molecule has 0 fully saturated rings. The maximum atomic E-state index is 13.0. The standard InChI is InChI=1S/C64H120O17P2/c1-6-9-12-15-17-19-21-23-25-27-29-31-33-39-44-49-63(68)80-60(54-75-62(67)48-43-38-32-30-28-26-24-22-20-18-16-13-10-7-2)56-79-83(72,73)77-52-58(65)51-76-82(70,71)78-55-59(53-74-61(66)47-42-36-14-11-8-3)81-64(69)50-45-40-35-34-37-41-46-57(4)5/h19,21,23,25,57-60,65H,6-18,20,22,24,26-56H2,1-5H3,(H,70,71)(H,72,73)/b21-19-,25-23-/t58-,59+,60+/m0/s1. The summed E-state index contributed by atoms with van der Waals surface area (Å²) in [6.45, 7) is 6.94. The summed E-state index contributed by atoms with van der Waals surface area (Å²) in [5.74, 6) is -1.51. The molecule has 0 saturated carbocycles. The minimum absolute atomic E-state index is 0.0851. The zero-order chi connectivity index (χ0) is 61.3. The van der Waals surface area contributed by atoms with Gasteiger partial charge in [-0.2, -0.15) is 0 Å². The van der Waals surface area contributed by atoms with Crippen molar-refractivity contribution in [3.8, 4) is 0 Å². The van der Waals surface area contributed by atoms with Gasteiger partial charge in [-0.3, -0.25) is 37.3 Å². The normalized spacial score (nSPS) is 14.4. The molecule has 0 aromatic carbocycles. The SMILES string of the molecule is CCCCCC/C=C\C=C/CCCCCCCC(=O)O[C@H](COC(=O)CCCCCCCCCCCCCCCC)COP(=O)(O)OC[C@@H](O)COP(=O)(O)OC[C@@H](COC(=O)CCCCCCC)OC(=O)CCCCCCCCC(C)C. The summed E-state index contributed by atoms with van der Waals surface area (Å²) in [7, 11) is -9.89. The number of carbonyl (C=O) groups excluding carboxylic acids is 4. The average Bonchev–Trinajstić information content (AvgIpc) is 3.45. The Morgan fingerprint density at radius 2 is 0.651 bits per heavy atom. The second-order valence-electron chi connectivity index (χ2n) is 22.9. The molecule has 83 heavy (non-hydrogen) atoms. The maximum absolute atomic E-state index is 13.0. The van der Waals surface area contributed by atoms with E-state index in [1.807, 2.05) is 0 Å². The fourth-order valence-corrected chi connectivity index (χ4v) is 10.6. The Balaban J connectivity index is 5.21. The summed E-state index contributed by atoms with van der Waals surface area (Å²) in [4.78, 5) is 71.9. The third kappa shape index (κ3) is 58.3. The lowest BCUT2D eigenvalue weighted by Crippen LogP contribution is -2.30. The highest BCUT2D eigenvalue weighted by molar-refractivity contribution is 7.47. The molecule has 2 unspecified atom stereocenters. The van der Waals surface area contributed by atoms with E-state index in [1.54, 1.807) is 0 Å². The third-order valence-electron chi connectivity index (χ3n) is 14.2. The van der Waals surface area contributed by atoms with Gasteiger partial charge in [0.1, 0.15) is 19.3 Å². The molecular weight excluding hydrogens is 1100 g/mol. The molecule has 17 nitrogen and oxygen atoms in total. The van der Waals surface area contributed by atoms with E-state index in [-0.39, 0.29) is 25.7 Å². The number of esters is 4. The maximum Gasteiger partial charge on any atom is 0.472 e. The van der Waals surface area contributed by atoms with E-state index >= 15 is 0 Å². The first kappa shape index (κ1) is 80.5. The van der Waals surface area contributed by atoms with Gasteiger partial charge in [0, 0.05) is 25.7 Å². The van der Waals surface area contributed by atoms with Crippen LogP contribution < -0.4 is 0 Å². The smallest absolute Gasteiger partial charge is 0.462 e. The quantitative estimate of drug-likeness (QED) is 0.0169. The largest absolute Gasteiger partial charge is 0.472 e. The van der Waals surface area contributed by atoms with Gasteiger partial charge in [0.15, 0.2) is 12.2 Å². The van der Waals surface area contributed by atoms with Gasteiger partial charge in [0.2, 0.25) is 0 Å². The van der Waals surface area contributed by atoms with E-state index in [1.165, 1.54) is 103 Å². The van der Waals surface area contributed by atoms with Crippen LogP contribution in [-0.2, 0) is 65.4 Å². The summed E-state index contributed by atoms with van der Waals surface area (Å²) in [5.41, 5.74) is 0. The second-order valence-corrected chi connectivity index (χ2v) is 25.8. The molecule has 0 aliphatic heterocycles. The molecule has 19 heteroatoms. The molecule has 0 aromatic heterocycles. The van der Waals surface area contributed by atoms with Crippen LogP contribution in [0.25, 0.3) is 0 Å². The van der Waals surface area contributed by atoms with E-state index in [2.05, 4.69) is 58.9 Å². The number of unbranched alkanes of at least 4 members (excludes halogenated alkanes) is 31. The van der Waals surface area contributed by atoms with Crippen molar-refractivity contribution in [3.05, 3.63) is 24.3 Å². The summed E-state index contributed by atoms with van der Waals surface area (Å²) in [5, 5.41) is 10.5. The van der Waals surface area contributed by atoms with Crippen molar-refractivity contribution >= 4 is 39.5 Å². The summed E-state index contributed by atoms with van der Waals surface area (Å²) < 4.78 is 67.7. The van der Waals surface area contributed by atoms with Crippen LogP contribution >= 0.6 is 15.6 Å². The van der Waals surface area contributed by atoms with E-state index < -0.39 is 97.5 Å². The first-order valence-corrected chi connectivity index (χ1v) is 35.9. The number of hydrogen-bond donors (Lipinski definition) is 3. The lowest BCUT2D eigenvalue weighted by atomic mass is 10.0. The summed E-state index contributed by atoms with van der Waals surface area (Å²) >= 11 is 0. The zero-order valence-corrected chi connectivity index (χ0v) is 54.6. The number of phosphoric acid groups is 2. The van der Waals surface area contributed by atoms with Gasteiger partial charge < -0.3 is 33.8 Å². The molecule has 0 spiro atoms. The van der Waals surface area contributed by atoms with Gasteiger partial charge in [-0.25, -0.2) is 9.13 Å². The molecule has 0 bridgehead atoms. The van der Waals surface area contributed by atoms with Gasteiger partial charge in [-0.15, -0.1) is 0 Å². The highest BCUT2D eigenvalue weighted by atomic mass is 31.2. The van der Waals surface area contributed by atoms with Crippen molar-refractivity contribution in [1.82, 2.24) is 0 Å². The lowest BCUT2D eigenvalue weighted by molar-refractivity contribution is -0.161. The predicted octanol–water partition coefficient (Wildman–Crippen LogP) is 17.3. The molecule has 5 atom stereocenters. The number of hydrogen-bond acceptors (Lipinski definition) is 15. The highest BCUT2D eigenvalue weighted by Gasteiger charge is 2.30. The van der Waals surface area contributed by atoms with Crippen molar-refractivity contribution in [2.45, 2.75) is 316 Å². The van der Waals surface area contributed by atoms with Gasteiger partial charge in [0.25, 0.3) is 0 Å². The van der Waals surface area contributed by atoms with Crippen LogP contribution in [0.2, 0.25) is 0 Å². The summed E-state index contributed by atoms with van der Waals surface area (Å²) in [6, 6.07) is 0. The Labute approximate surface area is 503 Å². The van der Waals surface area contributed by atoms with Gasteiger partial charge in [0.05, 0.1) is 26.4 Å². The van der Waals surface area contributed by atoms with Crippen molar-refractivity contribution in [2.24, 2.45) is 5.92 Å². The monoisotopic (exact) mass is 1220 g/mol. The fraction of sp³-hybridized carbons (Fsp3) is 0.875. The summed E-state index contributed by atoms with van der Waals surface area (Å²) in [6.07, 6.45) is 44.4. The van der Waals surface area contributed by atoms with Crippen molar-refractivity contribution in [3.63, 3.8) is 0 Å². The van der Waals surface area contributed by atoms with Gasteiger partial charge in [-0.1, -0.05) is 245 Å². The molecule has 0 aliphatic rings. The Kier molecular flexibility index (Phi) is 55.6. The first-order valence-electron chi connectivity index (χ1n) is 33.0. The number of allylic oxidation sites excluding steroid dienone is 4. The third-order valence-corrected chi connectivity index (χ3v) is 16.1. The van der Waals surface area contributed by atoms with E-state index in [0.717, 1.165) is 109 Å². The zero-order valence-electron chi connectivity index (χ0n) is 52.8. The molecule has 0 radical (unpaired) electrons. The Bertz CT molecular complexity index is 1710. The van der Waals surface area contributed by atoms with E-state index in [9.17, 15) is 43.2 Å². The fourth-order valence-electron chi connectivity index (χ4n) is 9.04. The molecule has 488 valence electrons. The minimum atomic E-state index is -4.95. The number of carbonyl (C=O) groups is 4. The molecule has 0 saturated heterocycles. The van der Waals surface area contributed by atoms with Gasteiger partial charge >= 0.3 is 39.5 Å². The molecule has 0 heterocycles. The number of rotatable bonds is 62. The number of aliphatic hydroxyl groups is 1. The Morgan fingerprint density at radius 1 is 0.373 bits per heavy atom. The van der Waals surface area contributed by atoms with Crippen molar-refractivity contribution in [2.75, 3.05) is 39.6 Å². The first-order chi connectivity index (χ1) is 40.0. The van der Waals surface area contributed by atoms with Crippen LogP contribution in [0.1, 0.15) is 298 Å². The molecule has 0 rings (SSSR count). The van der Waals surface area contributed by atoms with Crippen LogP contribution in [0.15, 0.2) is 24.3 Å². The average molecular weight is 1220 g/mol. The minimum Gasteiger partial charge on any atom is -0.462 e. The topological polar surface area (TPSA) is 237 Å². The van der Waals surface area contributed by atoms with Crippen LogP contribution in [0.4, 0.5) is 0 Å². The Hall–Kier alpha value is -2.46. The molecule has 0 aromatic rings. The van der Waals surface area contributed by atoms with Crippen molar-refractivity contribution in [1.29, 1.82) is 0 Å². The van der Waals surface area contributed by atoms with E-state index in [0.29, 0.717) is 31.6 Å². The highest BCUT2D eigenvalue weighted by Crippen LogP contribution is 2.45. The molecule has 0 aliphatic carbocycles. The second kappa shape index (κ2) is 57.3. The molecular formula is C64H120O17P2. The van der Waals surface area contributed by atoms with E-state index in [4.69, 9.17) is 37.0 Å². The van der Waals surface area contributed by atoms with Gasteiger partial charge in [-0.05, 0) is 57.3 Å². The van der Waals surface area contributed by atoms with Crippen LogP contribution in [0, 0.1) is 5.92 Å². The number of ether oxygens (including phenoxy) is 4. The lowest BCUT2D eigenvalue weighted by Gasteiger charge is -2.21. The van der Waals surface area contributed by atoms with Crippen molar-refractivity contribution < 1.29 is 80.2 Å². The number of aliphatic hydroxyl groups excluding tert-OH is 1. The van der Waals surface area contributed by atoms with Crippen LogP contribution in [-0.4, -0.2) is 96.7 Å². The van der Waals surface area contributed by atoms with Crippen LogP contribution in [0.3, 0.4) is 0 Å². The Morgan fingerprint density at radius 3 is 0.988 bits per heavy atom. The predicted molar refractivity (Wildman–Crippen MR) is 331 cm³/mol. The molecule has 0 amide bonds. The molecule has 3 N–H and O–H groups in total.